The van der Waals surface area contributed by atoms with Crippen LogP contribution < -0.4 is 5.32 Å². The summed E-state index contributed by atoms with van der Waals surface area (Å²) in [7, 11) is 0. The number of amides is 1. The molecule has 2 aromatic rings. The summed E-state index contributed by atoms with van der Waals surface area (Å²) in [5.74, 6) is -0.155. The van der Waals surface area contributed by atoms with Gasteiger partial charge in [0.15, 0.2) is 0 Å². The summed E-state index contributed by atoms with van der Waals surface area (Å²) in [6.45, 7) is 2.08. The van der Waals surface area contributed by atoms with Crippen LogP contribution in [0.15, 0.2) is 48.5 Å². The predicted octanol–water partition coefficient (Wildman–Crippen LogP) is 3.77. The van der Waals surface area contributed by atoms with Crippen molar-refractivity contribution in [1.29, 1.82) is 0 Å². The van der Waals surface area contributed by atoms with Crippen molar-refractivity contribution in [3.8, 4) is 0 Å². The van der Waals surface area contributed by atoms with E-state index in [1.54, 1.807) is 12.1 Å². The minimum Gasteiger partial charge on any atom is -0.392 e. The van der Waals surface area contributed by atoms with E-state index in [9.17, 15) is 9.90 Å². The minimum absolute atomic E-state index is 0.0909. The molecule has 2 rings (SSSR count). The highest BCUT2D eigenvalue weighted by Crippen LogP contribution is 2.16. The number of carbonyl (C=O) groups is 1. The molecule has 0 aliphatic rings. The normalized spacial score (nSPS) is 10.4. The lowest BCUT2D eigenvalue weighted by atomic mass is 10.1. The average Bonchev–Trinajstić information content (AvgIpc) is 2.54. The highest BCUT2D eigenvalue weighted by molar-refractivity contribution is 6.04. The minimum atomic E-state index is -0.155. The van der Waals surface area contributed by atoms with Gasteiger partial charge in [-0.05, 0) is 36.6 Å². The number of hydrogen-bond acceptors (Lipinski definition) is 2. The Kier molecular flexibility index (Phi) is 5.52. The number of nitrogens with one attached hydrogen (secondary N) is 1. The number of carbonyl (C=O) groups excluding carboxylic acids is 1. The second-order valence-corrected chi connectivity index (χ2v) is 5.07. The molecular weight excluding hydrogens is 262 g/mol. The maximum Gasteiger partial charge on any atom is 0.255 e. The van der Waals surface area contributed by atoms with Crippen LogP contribution in [-0.2, 0) is 13.0 Å². The van der Waals surface area contributed by atoms with Gasteiger partial charge < -0.3 is 10.4 Å². The second kappa shape index (κ2) is 7.60. The zero-order chi connectivity index (χ0) is 15.1. The fourth-order valence-electron chi connectivity index (χ4n) is 2.18. The van der Waals surface area contributed by atoms with Crippen molar-refractivity contribution in [3.05, 3.63) is 65.2 Å². The third-order valence-corrected chi connectivity index (χ3v) is 3.47. The van der Waals surface area contributed by atoms with Crippen molar-refractivity contribution >= 4 is 11.6 Å². The van der Waals surface area contributed by atoms with E-state index in [4.69, 9.17) is 0 Å². The number of anilines is 1. The summed E-state index contributed by atoms with van der Waals surface area (Å²) in [5.41, 5.74) is 3.25. The second-order valence-electron chi connectivity index (χ2n) is 5.07. The number of aryl methyl sites for hydroxylation is 1. The molecule has 110 valence electrons. The van der Waals surface area contributed by atoms with E-state index in [2.05, 4.69) is 12.2 Å². The van der Waals surface area contributed by atoms with Crippen LogP contribution in [0.3, 0.4) is 0 Å². The molecular formula is C18H21NO2. The van der Waals surface area contributed by atoms with Gasteiger partial charge in [-0.3, -0.25) is 4.79 Å². The topological polar surface area (TPSA) is 49.3 Å². The number of para-hydroxylation sites is 1. The molecule has 0 radical (unpaired) electrons. The maximum absolute atomic E-state index is 12.2. The molecule has 0 saturated heterocycles. The van der Waals surface area contributed by atoms with Gasteiger partial charge >= 0.3 is 0 Å². The molecule has 2 aromatic carbocycles. The van der Waals surface area contributed by atoms with Crippen LogP contribution in [0.25, 0.3) is 0 Å². The molecule has 0 bridgehead atoms. The lowest BCUT2D eigenvalue weighted by Crippen LogP contribution is -2.13. The van der Waals surface area contributed by atoms with Crippen LogP contribution in [0.2, 0.25) is 0 Å². The first-order chi connectivity index (χ1) is 10.2. The number of unbranched alkanes of at least 4 members (excludes halogenated alkanes) is 1. The first-order valence-corrected chi connectivity index (χ1v) is 7.33. The van der Waals surface area contributed by atoms with Crippen LogP contribution in [0.1, 0.15) is 41.3 Å². The predicted molar refractivity (Wildman–Crippen MR) is 85.4 cm³/mol. The van der Waals surface area contributed by atoms with Crippen LogP contribution >= 0.6 is 0 Å². The molecule has 0 saturated carbocycles. The Bertz CT molecular complexity index is 590. The fraction of sp³-hybridized carbons (Fsp3) is 0.278. The highest BCUT2D eigenvalue weighted by atomic mass is 16.3. The van der Waals surface area contributed by atoms with Crippen LogP contribution in [0.4, 0.5) is 5.69 Å². The first kappa shape index (κ1) is 15.3. The van der Waals surface area contributed by atoms with Gasteiger partial charge in [-0.25, -0.2) is 0 Å². The van der Waals surface area contributed by atoms with E-state index in [0.717, 1.165) is 12.8 Å². The maximum atomic E-state index is 12.2. The molecule has 0 heterocycles. The monoisotopic (exact) mass is 283 g/mol. The summed E-state index contributed by atoms with van der Waals surface area (Å²) in [5, 5.41) is 12.1. The molecule has 3 nitrogen and oxygen atoms in total. The van der Waals surface area contributed by atoms with Crippen molar-refractivity contribution in [2.45, 2.75) is 32.8 Å². The molecule has 0 aliphatic carbocycles. The van der Waals surface area contributed by atoms with E-state index >= 15 is 0 Å². The van der Waals surface area contributed by atoms with Gasteiger partial charge in [-0.1, -0.05) is 43.7 Å². The summed E-state index contributed by atoms with van der Waals surface area (Å²) < 4.78 is 0. The Morgan fingerprint density at radius 2 is 1.81 bits per heavy atom. The summed E-state index contributed by atoms with van der Waals surface area (Å²) in [6.07, 6.45) is 3.38. The van der Waals surface area contributed by atoms with Gasteiger partial charge in [0.25, 0.3) is 5.91 Å². The fourth-order valence-corrected chi connectivity index (χ4v) is 2.18. The van der Waals surface area contributed by atoms with Gasteiger partial charge in [-0.15, -0.1) is 0 Å². The molecule has 21 heavy (non-hydrogen) atoms. The molecule has 0 spiro atoms. The van der Waals surface area contributed by atoms with Crippen molar-refractivity contribution < 1.29 is 9.90 Å². The van der Waals surface area contributed by atoms with E-state index in [-0.39, 0.29) is 12.5 Å². The smallest absolute Gasteiger partial charge is 0.255 e. The average molecular weight is 283 g/mol. The van der Waals surface area contributed by atoms with E-state index in [0.29, 0.717) is 16.8 Å². The lowest BCUT2D eigenvalue weighted by Gasteiger charge is -2.09. The van der Waals surface area contributed by atoms with Crippen LogP contribution in [0.5, 0.6) is 0 Å². The molecule has 1 amide bonds. The van der Waals surface area contributed by atoms with Gasteiger partial charge in [-0.2, -0.15) is 0 Å². The number of hydrogen-bond donors (Lipinski definition) is 2. The Morgan fingerprint density at radius 3 is 2.48 bits per heavy atom. The van der Waals surface area contributed by atoms with Crippen LogP contribution in [-0.4, -0.2) is 11.0 Å². The molecule has 2 N–H and O–H groups in total. The highest BCUT2D eigenvalue weighted by Gasteiger charge is 2.08. The third kappa shape index (κ3) is 4.17. The van der Waals surface area contributed by atoms with E-state index in [1.807, 2.05) is 36.4 Å². The van der Waals surface area contributed by atoms with E-state index in [1.165, 1.54) is 12.0 Å². The lowest BCUT2D eigenvalue weighted by molar-refractivity contribution is 0.102. The Morgan fingerprint density at radius 1 is 1.10 bits per heavy atom. The molecule has 0 aromatic heterocycles. The van der Waals surface area contributed by atoms with Gasteiger partial charge in [0.2, 0.25) is 0 Å². The van der Waals surface area contributed by atoms with E-state index < -0.39 is 0 Å². The number of aliphatic hydroxyl groups excluding tert-OH is 1. The largest absolute Gasteiger partial charge is 0.392 e. The summed E-state index contributed by atoms with van der Waals surface area (Å²) in [4.78, 5) is 12.2. The van der Waals surface area contributed by atoms with Gasteiger partial charge in [0.1, 0.15) is 0 Å². The first-order valence-electron chi connectivity index (χ1n) is 7.33. The van der Waals surface area contributed by atoms with Gasteiger partial charge in [0, 0.05) is 16.8 Å². The van der Waals surface area contributed by atoms with Crippen molar-refractivity contribution in [2.75, 3.05) is 5.32 Å². The number of benzene rings is 2. The van der Waals surface area contributed by atoms with Crippen molar-refractivity contribution in [2.24, 2.45) is 0 Å². The molecule has 0 atom stereocenters. The van der Waals surface area contributed by atoms with Crippen molar-refractivity contribution in [3.63, 3.8) is 0 Å². The molecule has 0 unspecified atom stereocenters. The molecule has 0 aliphatic heterocycles. The third-order valence-electron chi connectivity index (χ3n) is 3.47. The summed E-state index contributed by atoms with van der Waals surface area (Å²) >= 11 is 0. The number of rotatable bonds is 6. The van der Waals surface area contributed by atoms with Crippen LogP contribution in [0, 0.1) is 0 Å². The number of aliphatic hydroxyl groups is 1. The standard InChI is InChI=1S/C18H21NO2/c1-2-3-6-14-9-11-15(12-10-14)18(21)19-17-8-5-4-7-16(17)13-20/h4-5,7-12,20H,2-3,6,13H2,1H3,(H,19,21). The molecule has 0 fully saturated rings. The van der Waals surface area contributed by atoms with Gasteiger partial charge in [0.05, 0.1) is 6.61 Å². The Labute approximate surface area is 125 Å². The molecule has 3 heteroatoms. The SMILES string of the molecule is CCCCc1ccc(C(=O)Nc2ccccc2CO)cc1. The zero-order valence-electron chi connectivity index (χ0n) is 12.3. The Balaban J connectivity index is 2.06. The Hall–Kier alpha value is -2.13. The van der Waals surface area contributed by atoms with Crippen molar-refractivity contribution in [1.82, 2.24) is 0 Å². The zero-order valence-corrected chi connectivity index (χ0v) is 12.3. The summed E-state index contributed by atoms with van der Waals surface area (Å²) in [6, 6.07) is 15.0. The quantitative estimate of drug-likeness (QED) is 0.847.